The first-order valence-corrected chi connectivity index (χ1v) is 8.78. The van der Waals surface area contributed by atoms with E-state index < -0.39 is 29.7 Å². The van der Waals surface area contributed by atoms with Gasteiger partial charge in [0.1, 0.15) is 5.76 Å². The number of furan rings is 1. The molecule has 0 aliphatic heterocycles. The molecule has 8 heteroatoms. The summed E-state index contributed by atoms with van der Waals surface area (Å²) in [6.07, 6.45) is -2.03. The van der Waals surface area contributed by atoms with Crippen molar-refractivity contribution in [3.05, 3.63) is 96.0 Å². The van der Waals surface area contributed by atoms with Crippen molar-refractivity contribution in [3.8, 4) is 0 Å². The van der Waals surface area contributed by atoms with Crippen molar-refractivity contribution in [1.82, 2.24) is 0 Å². The maximum Gasteiger partial charge on any atom is 0.416 e. The summed E-state index contributed by atoms with van der Waals surface area (Å²) in [5.74, 6) is -1.20. The molecule has 0 saturated carbocycles. The van der Waals surface area contributed by atoms with Gasteiger partial charge in [-0.2, -0.15) is 13.2 Å². The fraction of sp³-hybridized carbons (Fsp3) is 0.0909. The second-order valence-electron chi connectivity index (χ2n) is 6.14. The molecule has 0 aliphatic rings. The Bertz CT molecular complexity index is 1030. The average molecular weight is 415 g/mol. The predicted octanol–water partition coefficient (Wildman–Crippen LogP) is 5.23. The molecule has 1 heterocycles. The summed E-state index contributed by atoms with van der Waals surface area (Å²) in [5, 5.41) is 2.37. The zero-order chi connectivity index (χ0) is 21.6. The van der Waals surface area contributed by atoms with Crippen LogP contribution in [0.25, 0.3) is 6.08 Å². The number of halogens is 3. The molecule has 0 bridgehead atoms. The smallest absolute Gasteiger partial charge is 0.416 e. The van der Waals surface area contributed by atoms with Gasteiger partial charge in [-0.05, 0) is 36.4 Å². The Balaban J connectivity index is 1.78. The van der Waals surface area contributed by atoms with E-state index in [4.69, 9.17) is 9.15 Å². The highest BCUT2D eigenvalue weighted by Gasteiger charge is 2.31. The number of amides is 1. The van der Waals surface area contributed by atoms with E-state index in [2.05, 4.69) is 5.32 Å². The zero-order valence-corrected chi connectivity index (χ0v) is 15.4. The van der Waals surface area contributed by atoms with E-state index in [1.807, 2.05) is 0 Å². The summed E-state index contributed by atoms with van der Waals surface area (Å²) in [6, 6.07) is 15.6. The fourth-order valence-corrected chi connectivity index (χ4v) is 2.57. The number of esters is 1. The Labute approximate surface area is 169 Å². The van der Waals surface area contributed by atoms with Crippen LogP contribution in [0.2, 0.25) is 0 Å². The molecule has 1 amide bonds. The number of hydrogen-bond donors (Lipinski definition) is 1. The number of carbonyl (C=O) groups is 2. The van der Waals surface area contributed by atoms with Crippen molar-refractivity contribution in [2.75, 3.05) is 5.32 Å². The van der Waals surface area contributed by atoms with Gasteiger partial charge in [-0.25, -0.2) is 4.79 Å². The van der Waals surface area contributed by atoms with E-state index in [1.54, 1.807) is 42.5 Å². The van der Waals surface area contributed by atoms with Crippen LogP contribution in [0, 0.1) is 0 Å². The van der Waals surface area contributed by atoms with Gasteiger partial charge in [0.2, 0.25) is 6.10 Å². The zero-order valence-electron chi connectivity index (χ0n) is 15.4. The highest BCUT2D eigenvalue weighted by molar-refractivity contribution is 5.97. The maximum absolute atomic E-state index is 12.9. The van der Waals surface area contributed by atoms with Crippen molar-refractivity contribution >= 4 is 23.6 Å². The standard InChI is InChI=1S/C22H16F3NO4/c23-22(24,25)16-8-4-9-17(14-16)26-21(28)20(15-6-2-1-3-7-15)30-19(27)12-11-18-10-5-13-29-18/h1-14,20H,(H,26,28)/b12-11+/t20-/m0/s1. The van der Waals surface area contributed by atoms with Gasteiger partial charge in [0.05, 0.1) is 11.8 Å². The first-order chi connectivity index (χ1) is 14.3. The van der Waals surface area contributed by atoms with E-state index >= 15 is 0 Å². The third kappa shape index (κ3) is 5.60. The molecule has 30 heavy (non-hydrogen) atoms. The fourth-order valence-electron chi connectivity index (χ4n) is 2.57. The largest absolute Gasteiger partial charge is 0.465 e. The first-order valence-electron chi connectivity index (χ1n) is 8.78. The van der Waals surface area contributed by atoms with E-state index in [9.17, 15) is 22.8 Å². The molecule has 0 spiro atoms. The number of hydrogen-bond acceptors (Lipinski definition) is 4. The minimum Gasteiger partial charge on any atom is -0.465 e. The van der Waals surface area contributed by atoms with Crippen LogP contribution in [0.4, 0.5) is 18.9 Å². The quantitative estimate of drug-likeness (QED) is 0.442. The number of benzene rings is 2. The third-order valence-corrected chi connectivity index (χ3v) is 3.96. The van der Waals surface area contributed by atoms with Crippen LogP contribution >= 0.6 is 0 Å². The number of nitrogens with one attached hydrogen (secondary N) is 1. The van der Waals surface area contributed by atoms with Crippen molar-refractivity contribution in [2.24, 2.45) is 0 Å². The van der Waals surface area contributed by atoms with E-state index in [1.165, 1.54) is 24.5 Å². The van der Waals surface area contributed by atoms with Crippen LogP contribution in [0.15, 0.2) is 83.5 Å². The summed E-state index contributed by atoms with van der Waals surface area (Å²) in [4.78, 5) is 24.9. The van der Waals surface area contributed by atoms with Crippen LogP contribution < -0.4 is 5.32 Å². The Hall–Kier alpha value is -3.81. The molecule has 1 aromatic heterocycles. The van der Waals surface area contributed by atoms with Crippen LogP contribution in [0.3, 0.4) is 0 Å². The molecule has 5 nitrogen and oxygen atoms in total. The molecule has 1 atom stereocenters. The lowest BCUT2D eigenvalue weighted by Gasteiger charge is -2.18. The molecule has 0 radical (unpaired) electrons. The van der Waals surface area contributed by atoms with Gasteiger partial charge in [0.15, 0.2) is 0 Å². The van der Waals surface area contributed by atoms with E-state index in [0.717, 1.165) is 18.2 Å². The second-order valence-corrected chi connectivity index (χ2v) is 6.14. The molecule has 0 aliphatic carbocycles. The molecule has 0 unspecified atom stereocenters. The van der Waals surface area contributed by atoms with Gasteiger partial charge in [-0.1, -0.05) is 36.4 Å². The summed E-state index contributed by atoms with van der Waals surface area (Å²) in [7, 11) is 0. The highest BCUT2D eigenvalue weighted by Crippen LogP contribution is 2.31. The maximum atomic E-state index is 12.9. The Kier molecular flexibility index (Phi) is 6.36. The van der Waals surface area contributed by atoms with Gasteiger partial charge >= 0.3 is 12.1 Å². The number of ether oxygens (including phenoxy) is 1. The van der Waals surface area contributed by atoms with Crippen LogP contribution in [0.5, 0.6) is 0 Å². The molecule has 0 saturated heterocycles. The van der Waals surface area contributed by atoms with Gasteiger partial charge in [-0.3, -0.25) is 4.79 Å². The Morgan fingerprint density at radius 1 is 1.00 bits per heavy atom. The lowest BCUT2D eigenvalue weighted by molar-refractivity contribution is -0.149. The summed E-state index contributed by atoms with van der Waals surface area (Å²) < 4.78 is 49.1. The number of carbonyl (C=O) groups excluding carboxylic acids is 2. The van der Waals surface area contributed by atoms with Crippen molar-refractivity contribution in [3.63, 3.8) is 0 Å². The van der Waals surface area contributed by atoms with Crippen molar-refractivity contribution in [2.45, 2.75) is 12.3 Å². The molecule has 2 aromatic carbocycles. The van der Waals surface area contributed by atoms with Gasteiger partial charge in [0.25, 0.3) is 5.91 Å². The lowest BCUT2D eigenvalue weighted by Crippen LogP contribution is -2.25. The van der Waals surface area contributed by atoms with E-state index in [-0.39, 0.29) is 5.69 Å². The number of rotatable bonds is 6. The minimum atomic E-state index is -4.55. The van der Waals surface area contributed by atoms with Crippen molar-refractivity contribution < 1.29 is 31.9 Å². The minimum absolute atomic E-state index is 0.0714. The summed E-state index contributed by atoms with van der Waals surface area (Å²) in [5.41, 5.74) is -0.616. The molecule has 0 fully saturated rings. The Morgan fingerprint density at radius 3 is 2.43 bits per heavy atom. The third-order valence-electron chi connectivity index (χ3n) is 3.96. The molecular formula is C22H16F3NO4. The second kappa shape index (κ2) is 9.13. The number of anilines is 1. The van der Waals surface area contributed by atoms with Gasteiger partial charge < -0.3 is 14.5 Å². The first kappa shape index (κ1) is 20.9. The SMILES string of the molecule is O=C(/C=C/c1ccco1)O[C@H](C(=O)Nc1cccc(C(F)(F)F)c1)c1ccccc1. The lowest BCUT2D eigenvalue weighted by atomic mass is 10.1. The normalized spacial score (nSPS) is 12.5. The predicted molar refractivity (Wildman–Crippen MR) is 103 cm³/mol. The van der Waals surface area contributed by atoms with Crippen LogP contribution in [-0.4, -0.2) is 11.9 Å². The molecule has 154 valence electrons. The van der Waals surface area contributed by atoms with Crippen molar-refractivity contribution in [1.29, 1.82) is 0 Å². The average Bonchev–Trinajstić information content (AvgIpc) is 3.24. The topological polar surface area (TPSA) is 68.5 Å². The summed E-state index contributed by atoms with van der Waals surface area (Å²) >= 11 is 0. The van der Waals surface area contributed by atoms with E-state index in [0.29, 0.717) is 11.3 Å². The molecule has 3 rings (SSSR count). The van der Waals surface area contributed by atoms with Crippen LogP contribution in [-0.2, 0) is 20.5 Å². The molecular weight excluding hydrogens is 399 g/mol. The molecule has 3 aromatic rings. The van der Waals surface area contributed by atoms with Crippen LogP contribution in [0.1, 0.15) is 23.0 Å². The van der Waals surface area contributed by atoms with Gasteiger partial charge in [-0.15, -0.1) is 0 Å². The molecule has 1 N–H and O–H groups in total. The Morgan fingerprint density at radius 2 is 1.77 bits per heavy atom. The summed E-state index contributed by atoms with van der Waals surface area (Å²) in [6.45, 7) is 0. The number of alkyl halides is 3. The monoisotopic (exact) mass is 415 g/mol. The highest BCUT2D eigenvalue weighted by atomic mass is 19.4. The van der Waals surface area contributed by atoms with Gasteiger partial charge in [0, 0.05) is 17.3 Å².